The molecule has 0 atom stereocenters. The Labute approximate surface area is 129 Å². The Balaban J connectivity index is 3.40. The van der Waals surface area contributed by atoms with E-state index in [1.807, 2.05) is 13.8 Å². The van der Waals surface area contributed by atoms with E-state index in [1.54, 1.807) is 13.8 Å². The zero-order valence-corrected chi connectivity index (χ0v) is 14.0. The second-order valence-electron chi connectivity index (χ2n) is 5.43. The van der Waals surface area contributed by atoms with Crippen LogP contribution < -0.4 is 0 Å². The van der Waals surface area contributed by atoms with Crippen molar-refractivity contribution in [3.63, 3.8) is 0 Å². The minimum atomic E-state index is -3.89. The highest BCUT2D eigenvalue weighted by Gasteiger charge is 2.30. The molecule has 1 aromatic rings. The summed E-state index contributed by atoms with van der Waals surface area (Å²) in [4.78, 5) is 9.96. The topological polar surface area (TPSA) is 80.5 Å². The van der Waals surface area contributed by atoms with E-state index in [9.17, 15) is 18.5 Å². The molecule has 0 radical (unpaired) electrons. The summed E-state index contributed by atoms with van der Waals surface area (Å²) in [6, 6.07) is 3.16. The SMILES string of the molecule is CC(C)CN(C(C)C)S(=O)(=O)c1cc([N+](=O)[O-])ccc1Cl. The Hall–Kier alpha value is -1.18. The zero-order valence-electron chi connectivity index (χ0n) is 12.4. The maximum absolute atomic E-state index is 12.7. The highest BCUT2D eigenvalue weighted by molar-refractivity contribution is 7.89. The third-order valence-corrected chi connectivity index (χ3v) is 5.36. The van der Waals surface area contributed by atoms with Crippen molar-refractivity contribution in [2.75, 3.05) is 6.54 Å². The number of nitro groups is 1. The van der Waals surface area contributed by atoms with Gasteiger partial charge in [-0.2, -0.15) is 4.31 Å². The maximum Gasteiger partial charge on any atom is 0.270 e. The van der Waals surface area contributed by atoms with Gasteiger partial charge in [-0.15, -0.1) is 0 Å². The van der Waals surface area contributed by atoms with Gasteiger partial charge in [0.1, 0.15) is 4.90 Å². The number of benzene rings is 1. The lowest BCUT2D eigenvalue weighted by atomic mass is 10.2. The molecule has 0 fully saturated rings. The molecule has 0 aliphatic heterocycles. The number of halogens is 1. The third kappa shape index (κ3) is 4.15. The van der Waals surface area contributed by atoms with E-state index in [2.05, 4.69) is 0 Å². The van der Waals surface area contributed by atoms with Crippen LogP contribution in [-0.2, 0) is 10.0 Å². The van der Waals surface area contributed by atoms with Gasteiger partial charge in [-0.25, -0.2) is 8.42 Å². The lowest BCUT2D eigenvalue weighted by Gasteiger charge is -2.27. The van der Waals surface area contributed by atoms with Gasteiger partial charge < -0.3 is 0 Å². The number of hydrogen-bond acceptors (Lipinski definition) is 4. The second-order valence-corrected chi connectivity index (χ2v) is 7.70. The molecule has 8 heteroatoms. The number of rotatable bonds is 6. The van der Waals surface area contributed by atoms with Crippen LogP contribution in [0.25, 0.3) is 0 Å². The van der Waals surface area contributed by atoms with Crippen LogP contribution in [0.15, 0.2) is 23.1 Å². The van der Waals surface area contributed by atoms with Crippen LogP contribution in [0.4, 0.5) is 5.69 Å². The van der Waals surface area contributed by atoms with Gasteiger partial charge in [-0.1, -0.05) is 25.4 Å². The largest absolute Gasteiger partial charge is 0.270 e. The molecule has 0 unspecified atom stereocenters. The molecular weight excluding hydrogens is 316 g/mol. The Morgan fingerprint density at radius 2 is 1.86 bits per heavy atom. The van der Waals surface area contributed by atoms with Crippen molar-refractivity contribution in [2.45, 2.75) is 38.6 Å². The first kappa shape index (κ1) is 17.9. The van der Waals surface area contributed by atoms with E-state index in [-0.39, 0.29) is 27.6 Å². The van der Waals surface area contributed by atoms with E-state index in [4.69, 9.17) is 11.6 Å². The molecule has 1 rings (SSSR count). The first-order chi connectivity index (χ1) is 9.57. The fourth-order valence-corrected chi connectivity index (χ4v) is 4.17. The number of nitrogens with zero attached hydrogens (tertiary/aromatic N) is 2. The summed E-state index contributed by atoms with van der Waals surface area (Å²) in [7, 11) is -3.89. The van der Waals surface area contributed by atoms with Crippen molar-refractivity contribution in [3.8, 4) is 0 Å². The Morgan fingerprint density at radius 1 is 1.29 bits per heavy atom. The van der Waals surface area contributed by atoms with Crippen molar-refractivity contribution in [3.05, 3.63) is 33.3 Å². The standard InChI is InChI=1S/C13H19ClN2O4S/c1-9(2)8-15(10(3)4)21(19,20)13-7-11(16(17)18)5-6-12(13)14/h5-7,9-10H,8H2,1-4H3. The van der Waals surface area contributed by atoms with Crippen LogP contribution in [0.3, 0.4) is 0 Å². The van der Waals surface area contributed by atoms with Crippen LogP contribution in [0.5, 0.6) is 0 Å². The molecule has 0 spiro atoms. The van der Waals surface area contributed by atoms with E-state index in [0.717, 1.165) is 6.07 Å². The smallest absolute Gasteiger partial charge is 0.258 e. The van der Waals surface area contributed by atoms with Crippen molar-refractivity contribution in [1.82, 2.24) is 4.31 Å². The Morgan fingerprint density at radius 3 is 2.29 bits per heavy atom. The lowest BCUT2D eigenvalue weighted by molar-refractivity contribution is -0.385. The molecule has 6 nitrogen and oxygen atoms in total. The summed E-state index contributed by atoms with van der Waals surface area (Å²) in [6.07, 6.45) is 0. The first-order valence-electron chi connectivity index (χ1n) is 6.53. The fourth-order valence-electron chi connectivity index (χ4n) is 1.88. The Kier molecular flexibility index (Phi) is 5.72. The molecule has 0 aromatic heterocycles. The summed E-state index contributed by atoms with van der Waals surface area (Å²) >= 11 is 5.94. The maximum atomic E-state index is 12.7. The molecule has 0 aliphatic rings. The average Bonchev–Trinajstić information content (AvgIpc) is 2.35. The van der Waals surface area contributed by atoms with Gasteiger partial charge >= 0.3 is 0 Å². The number of sulfonamides is 1. The van der Waals surface area contributed by atoms with Gasteiger partial charge in [0, 0.05) is 24.7 Å². The molecule has 118 valence electrons. The van der Waals surface area contributed by atoms with Crippen LogP contribution in [0, 0.1) is 16.0 Å². The number of hydrogen-bond donors (Lipinski definition) is 0. The molecule has 0 bridgehead atoms. The summed E-state index contributed by atoms with van der Waals surface area (Å²) < 4.78 is 26.8. The third-order valence-electron chi connectivity index (χ3n) is 2.83. The minimum absolute atomic E-state index is 0.0185. The van der Waals surface area contributed by atoms with Crippen molar-refractivity contribution in [1.29, 1.82) is 0 Å². The predicted octanol–water partition coefficient (Wildman–Crippen LogP) is 3.30. The van der Waals surface area contributed by atoms with E-state index >= 15 is 0 Å². The molecule has 0 N–H and O–H groups in total. The summed E-state index contributed by atoms with van der Waals surface area (Å²) in [5.74, 6) is 0.125. The van der Waals surface area contributed by atoms with Crippen molar-refractivity contribution < 1.29 is 13.3 Å². The van der Waals surface area contributed by atoms with Gasteiger partial charge in [0.05, 0.1) is 9.95 Å². The van der Waals surface area contributed by atoms with E-state index in [1.165, 1.54) is 16.4 Å². The van der Waals surface area contributed by atoms with Crippen LogP contribution >= 0.6 is 11.6 Å². The monoisotopic (exact) mass is 334 g/mol. The Bertz CT molecular complexity index is 629. The molecule has 0 saturated carbocycles. The predicted molar refractivity (Wildman–Crippen MR) is 82.0 cm³/mol. The molecule has 0 saturated heterocycles. The summed E-state index contributed by atoms with van der Waals surface area (Å²) in [5, 5.41) is 10.8. The normalized spacial score (nSPS) is 12.4. The van der Waals surface area contributed by atoms with Crippen molar-refractivity contribution >= 4 is 27.3 Å². The number of nitro benzene ring substituents is 1. The first-order valence-corrected chi connectivity index (χ1v) is 8.35. The highest BCUT2D eigenvalue weighted by atomic mass is 35.5. The number of non-ortho nitro benzene ring substituents is 1. The minimum Gasteiger partial charge on any atom is -0.258 e. The summed E-state index contributed by atoms with van der Waals surface area (Å²) in [5.41, 5.74) is -0.300. The second kappa shape index (κ2) is 6.72. The molecule has 0 aliphatic carbocycles. The quantitative estimate of drug-likeness (QED) is 0.590. The fraction of sp³-hybridized carbons (Fsp3) is 0.538. The molecular formula is C13H19ClN2O4S. The zero-order chi connectivity index (χ0) is 16.4. The van der Waals surface area contributed by atoms with Crippen LogP contribution in [0.2, 0.25) is 5.02 Å². The van der Waals surface area contributed by atoms with Crippen molar-refractivity contribution in [2.24, 2.45) is 5.92 Å². The summed E-state index contributed by atoms with van der Waals surface area (Å²) in [6.45, 7) is 7.63. The van der Waals surface area contributed by atoms with Crippen LogP contribution in [-0.4, -0.2) is 30.2 Å². The van der Waals surface area contributed by atoms with Gasteiger partial charge in [0.15, 0.2) is 0 Å². The highest BCUT2D eigenvalue weighted by Crippen LogP contribution is 2.30. The van der Waals surface area contributed by atoms with E-state index in [0.29, 0.717) is 6.54 Å². The van der Waals surface area contributed by atoms with E-state index < -0.39 is 14.9 Å². The lowest BCUT2D eigenvalue weighted by Crippen LogP contribution is -2.39. The molecule has 1 aromatic carbocycles. The van der Waals surface area contributed by atoms with Gasteiger partial charge in [0.25, 0.3) is 5.69 Å². The van der Waals surface area contributed by atoms with Crippen LogP contribution in [0.1, 0.15) is 27.7 Å². The van der Waals surface area contributed by atoms with Gasteiger partial charge in [-0.3, -0.25) is 10.1 Å². The van der Waals surface area contributed by atoms with Gasteiger partial charge in [-0.05, 0) is 25.8 Å². The molecule has 0 amide bonds. The van der Waals surface area contributed by atoms with Gasteiger partial charge in [0.2, 0.25) is 10.0 Å². The molecule has 21 heavy (non-hydrogen) atoms. The molecule has 0 heterocycles. The average molecular weight is 335 g/mol.